The molecule has 0 fully saturated rings. The molecule has 5 heteroatoms. The van der Waals surface area contributed by atoms with Crippen LogP contribution in [-0.4, -0.2) is 5.91 Å². The van der Waals surface area contributed by atoms with Crippen molar-refractivity contribution in [3.8, 4) is 11.3 Å². The van der Waals surface area contributed by atoms with Gasteiger partial charge in [0.1, 0.15) is 11.6 Å². The molecule has 0 atom stereocenters. The minimum Gasteiger partial charge on any atom is -0.451 e. The average Bonchev–Trinajstić information content (AvgIpc) is 3.09. The van der Waals surface area contributed by atoms with E-state index in [0.717, 1.165) is 23.2 Å². The lowest BCUT2D eigenvalue weighted by Crippen LogP contribution is -2.13. The molecule has 1 aromatic heterocycles. The smallest absolute Gasteiger partial charge is 0.291 e. The number of benzene rings is 2. The van der Waals surface area contributed by atoms with Gasteiger partial charge in [-0.15, -0.1) is 0 Å². The molecule has 0 saturated carbocycles. The van der Waals surface area contributed by atoms with E-state index in [1.165, 1.54) is 12.1 Å². The molecule has 3 rings (SSSR count). The van der Waals surface area contributed by atoms with Crippen LogP contribution in [0.3, 0.4) is 0 Å². The summed E-state index contributed by atoms with van der Waals surface area (Å²) in [5.74, 6) is -0.196. The van der Waals surface area contributed by atoms with Gasteiger partial charge in [-0.1, -0.05) is 36.7 Å². The molecule has 0 unspecified atom stereocenters. The van der Waals surface area contributed by atoms with Crippen LogP contribution in [0, 0.1) is 12.7 Å². The fraction of sp³-hybridized carbons (Fsp3) is 0.150. The summed E-state index contributed by atoms with van der Waals surface area (Å²) in [5.41, 5.74) is 3.46. The van der Waals surface area contributed by atoms with Crippen LogP contribution in [0.4, 0.5) is 10.1 Å². The van der Waals surface area contributed by atoms with Crippen molar-refractivity contribution in [3.05, 3.63) is 76.3 Å². The van der Waals surface area contributed by atoms with Crippen LogP contribution in [0.5, 0.6) is 0 Å². The third-order valence-corrected chi connectivity index (χ3v) is 4.30. The van der Waals surface area contributed by atoms with E-state index in [-0.39, 0.29) is 16.7 Å². The summed E-state index contributed by atoms with van der Waals surface area (Å²) < 4.78 is 18.9. The molecule has 128 valence electrons. The van der Waals surface area contributed by atoms with Crippen LogP contribution in [-0.2, 0) is 6.42 Å². The van der Waals surface area contributed by atoms with Crippen molar-refractivity contribution < 1.29 is 13.6 Å². The second-order valence-electron chi connectivity index (χ2n) is 5.71. The standard InChI is InChI=1S/C20H17ClFNO2/c1-3-13-6-4-5-12(2)19(13)23-20(24)18-10-9-17(25-18)14-7-8-16(22)15(21)11-14/h4-11H,3H2,1-2H3,(H,23,24). The number of halogens is 2. The van der Waals surface area contributed by atoms with Crippen molar-refractivity contribution in [1.82, 2.24) is 0 Å². The third-order valence-electron chi connectivity index (χ3n) is 4.01. The Balaban J connectivity index is 1.85. The highest BCUT2D eigenvalue weighted by molar-refractivity contribution is 6.31. The van der Waals surface area contributed by atoms with Crippen LogP contribution in [0.15, 0.2) is 52.9 Å². The molecule has 3 aromatic rings. The van der Waals surface area contributed by atoms with Gasteiger partial charge in [0.25, 0.3) is 5.91 Å². The molecular weight excluding hydrogens is 341 g/mol. The fourth-order valence-corrected chi connectivity index (χ4v) is 2.82. The number of carbonyl (C=O) groups is 1. The topological polar surface area (TPSA) is 42.2 Å². The normalized spacial score (nSPS) is 10.7. The van der Waals surface area contributed by atoms with E-state index in [2.05, 4.69) is 5.32 Å². The van der Waals surface area contributed by atoms with E-state index in [4.69, 9.17) is 16.0 Å². The number of para-hydroxylation sites is 1. The summed E-state index contributed by atoms with van der Waals surface area (Å²) in [4.78, 5) is 12.5. The maximum Gasteiger partial charge on any atom is 0.291 e. The summed E-state index contributed by atoms with van der Waals surface area (Å²) in [7, 11) is 0. The van der Waals surface area contributed by atoms with Crippen LogP contribution in [0.1, 0.15) is 28.6 Å². The minimum atomic E-state index is -0.499. The van der Waals surface area contributed by atoms with Gasteiger partial charge in [-0.25, -0.2) is 4.39 Å². The lowest BCUT2D eigenvalue weighted by Gasteiger charge is -2.11. The van der Waals surface area contributed by atoms with Crippen molar-refractivity contribution in [3.63, 3.8) is 0 Å². The first kappa shape index (κ1) is 17.2. The maximum atomic E-state index is 13.3. The number of anilines is 1. The van der Waals surface area contributed by atoms with Gasteiger partial charge in [-0.2, -0.15) is 0 Å². The van der Waals surface area contributed by atoms with E-state index in [0.29, 0.717) is 11.3 Å². The summed E-state index contributed by atoms with van der Waals surface area (Å²) in [5, 5.41) is 2.92. The Morgan fingerprint density at radius 1 is 1.20 bits per heavy atom. The molecule has 0 aliphatic heterocycles. The van der Waals surface area contributed by atoms with E-state index < -0.39 is 5.82 Å². The van der Waals surface area contributed by atoms with Crippen molar-refractivity contribution in [2.75, 3.05) is 5.32 Å². The lowest BCUT2D eigenvalue weighted by molar-refractivity contribution is 0.0997. The molecule has 3 nitrogen and oxygen atoms in total. The Morgan fingerprint density at radius 2 is 2.00 bits per heavy atom. The Kier molecular flexibility index (Phi) is 4.91. The van der Waals surface area contributed by atoms with Crippen LogP contribution >= 0.6 is 11.6 Å². The molecule has 0 saturated heterocycles. The molecule has 1 amide bonds. The Bertz CT molecular complexity index is 933. The molecule has 2 aromatic carbocycles. The third kappa shape index (κ3) is 3.59. The van der Waals surface area contributed by atoms with Crippen LogP contribution < -0.4 is 5.32 Å². The van der Waals surface area contributed by atoms with Gasteiger partial charge in [0.2, 0.25) is 0 Å². The number of aryl methyl sites for hydroxylation is 2. The van der Waals surface area contributed by atoms with Crippen LogP contribution in [0.25, 0.3) is 11.3 Å². The predicted octanol–water partition coefficient (Wildman–Crippen LogP) is 5.86. The molecule has 1 N–H and O–H groups in total. The Labute approximate surface area is 150 Å². The number of hydrogen-bond acceptors (Lipinski definition) is 2. The molecule has 25 heavy (non-hydrogen) atoms. The zero-order valence-corrected chi connectivity index (χ0v) is 14.7. The van der Waals surface area contributed by atoms with E-state index in [9.17, 15) is 9.18 Å². The zero-order chi connectivity index (χ0) is 18.0. The van der Waals surface area contributed by atoms with Gasteiger partial charge in [-0.05, 0) is 54.8 Å². The molecule has 0 radical (unpaired) electrons. The number of hydrogen-bond donors (Lipinski definition) is 1. The summed E-state index contributed by atoms with van der Waals surface area (Å²) in [6, 6.07) is 13.4. The first-order valence-electron chi connectivity index (χ1n) is 7.94. The van der Waals surface area contributed by atoms with Gasteiger partial charge in [0.15, 0.2) is 5.76 Å². The fourth-order valence-electron chi connectivity index (χ4n) is 2.64. The predicted molar refractivity (Wildman–Crippen MR) is 97.6 cm³/mol. The number of amides is 1. The van der Waals surface area contributed by atoms with E-state index in [1.54, 1.807) is 18.2 Å². The number of furan rings is 1. The molecule has 0 aliphatic rings. The van der Waals surface area contributed by atoms with Gasteiger partial charge >= 0.3 is 0 Å². The summed E-state index contributed by atoms with van der Waals surface area (Å²) >= 11 is 5.80. The number of carbonyl (C=O) groups excluding carboxylic acids is 1. The van der Waals surface area contributed by atoms with Gasteiger partial charge < -0.3 is 9.73 Å². The van der Waals surface area contributed by atoms with E-state index >= 15 is 0 Å². The highest BCUT2D eigenvalue weighted by Crippen LogP contribution is 2.27. The van der Waals surface area contributed by atoms with Gasteiger partial charge in [0.05, 0.1) is 5.02 Å². The monoisotopic (exact) mass is 357 g/mol. The second-order valence-corrected chi connectivity index (χ2v) is 6.12. The van der Waals surface area contributed by atoms with Gasteiger partial charge in [-0.3, -0.25) is 4.79 Å². The summed E-state index contributed by atoms with van der Waals surface area (Å²) in [6.45, 7) is 3.98. The van der Waals surface area contributed by atoms with Crippen molar-refractivity contribution in [2.24, 2.45) is 0 Å². The lowest BCUT2D eigenvalue weighted by atomic mass is 10.1. The van der Waals surface area contributed by atoms with Crippen molar-refractivity contribution in [1.29, 1.82) is 0 Å². The average molecular weight is 358 g/mol. The number of rotatable bonds is 4. The van der Waals surface area contributed by atoms with Crippen molar-refractivity contribution >= 4 is 23.2 Å². The highest BCUT2D eigenvalue weighted by atomic mass is 35.5. The zero-order valence-electron chi connectivity index (χ0n) is 13.9. The molecular formula is C20H17ClFNO2. The Morgan fingerprint density at radius 3 is 2.72 bits per heavy atom. The maximum absolute atomic E-state index is 13.3. The van der Waals surface area contributed by atoms with E-state index in [1.807, 2.05) is 32.0 Å². The quantitative estimate of drug-likeness (QED) is 0.635. The summed E-state index contributed by atoms with van der Waals surface area (Å²) in [6.07, 6.45) is 0.814. The van der Waals surface area contributed by atoms with Crippen LogP contribution in [0.2, 0.25) is 5.02 Å². The highest BCUT2D eigenvalue weighted by Gasteiger charge is 2.15. The molecule has 0 bridgehead atoms. The Hall–Kier alpha value is -2.59. The number of nitrogens with one attached hydrogen (secondary N) is 1. The minimum absolute atomic E-state index is 0.00685. The molecule has 1 heterocycles. The SMILES string of the molecule is CCc1cccc(C)c1NC(=O)c1ccc(-c2ccc(F)c(Cl)c2)o1. The second kappa shape index (κ2) is 7.11. The first-order chi connectivity index (χ1) is 12.0. The molecule has 0 aliphatic carbocycles. The van der Waals surface area contributed by atoms with Crippen molar-refractivity contribution in [2.45, 2.75) is 20.3 Å². The molecule has 0 spiro atoms. The largest absolute Gasteiger partial charge is 0.451 e. The first-order valence-corrected chi connectivity index (χ1v) is 8.32. The van der Waals surface area contributed by atoms with Gasteiger partial charge in [0, 0.05) is 11.3 Å².